The second-order valence-corrected chi connectivity index (χ2v) is 4.96. The molecule has 0 N–H and O–H groups in total. The number of hydrogen-bond donors (Lipinski definition) is 0. The Balaban J connectivity index is 2.20. The van der Waals surface area contributed by atoms with Crippen molar-refractivity contribution in [1.29, 1.82) is 0 Å². The van der Waals surface area contributed by atoms with Crippen molar-refractivity contribution < 1.29 is 9.53 Å². The van der Waals surface area contributed by atoms with E-state index < -0.39 is 0 Å². The Morgan fingerprint density at radius 2 is 2.19 bits per heavy atom. The molecule has 0 bridgehead atoms. The summed E-state index contributed by atoms with van der Waals surface area (Å²) in [7, 11) is 1.88. The van der Waals surface area contributed by atoms with Gasteiger partial charge in [-0.15, -0.1) is 11.6 Å². The highest BCUT2D eigenvalue weighted by Gasteiger charge is 2.29. The van der Waals surface area contributed by atoms with E-state index in [1.807, 2.05) is 18.9 Å². The third-order valence-electron chi connectivity index (χ3n) is 3.05. The predicted octanol–water partition coefficient (Wildman–Crippen LogP) is 2.28. The van der Waals surface area contributed by atoms with Crippen LogP contribution in [0.3, 0.4) is 0 Å². The molecule has 3 nitrogen and oxygen atoms in total. The number of carbonyl (C=O) groups excluding carboxylic acids is 1. The van der Waals surface area contributed by atoms with Crippen molar-refractivity contribution in [3.05, 3.63) is 0 Å². The number of rotatable bonds is 6. The molecule has 1 fully saturated rings. The smallest absolute Gasteiger partial charge is 0.227 e. The maximum Gasteiger partial charge on any atom is 0.227 e. The molecule has 0 spiro atoms. The predicted molar refractivity (Wildman–Crippen MR) is 65.7 cm³/mol. The van der Waals surface area contributed by atoms with Crippen LogP contribution in [-0.2, 0) is 9.53 Å². The summed E-state index contributed by atoms with van der Waals surface area (Å²) < 4.78 is 5.41. The molecule has 0 saturated carbocycles. The molecule has 0 aromatic rings. The quantitative estimate of drug-likeness (QED) is 0.532. The summed E-state index contributed by atoms with van der Waals surface area (Å²) in [6.45, 7) is 3.44. The normalized spacial score (nSPS) is 24.7. The molecule has 1 aliphatic heterocycles. The van der Waals surface area contributed by atoms with Crippen molar-refractivity contribution in [2.45, 2.75) is 38.7 Å². The van der Waals surface area contributed by atoms with E-state index in [0.29, 0.717) is 12.5 Å². The van der Waals surface area contributed by atoms with Crippen molar-refractivity contribution in [2.24, 2.45) is 5.92 Å². The Bertz CT molecular complexity index is 223. The van der Waals surface area contributed by atoms with Gasteiger partial charge >= 0.3 is 0 Å². The average Bonchev–Trinajstić information content (AvgIpc) is 2.70. The van der Waals surface area contributed by atoms with Gasteiger partial charge in [0.05, 0.1) is 18.6 Å². The molecule has 1 amide bonds. The van der Waals surface area contributed by atoms with Crippen molar-refractivity contribution in [1.82, 2.24) is 4.90 Å². The van der Waals surface area contributed by atoms with Gasteiger partial charge in [0.2, 0.25) is 5.91 Å². The molecular weight excluding hydrogens is 226 g/mol. The fourth-order valence-electron chi connectivity index (χ4n) is 2.03. The van der Waals surface area contributed by atoms with Gasteiger partial charge in [0.1, 0.15) is 0 Å². The van der Waals surface area contributed by atoms with Crippen molar-refractivity contribution >= 4 is 17.5 Å². The van der Waals surface area contributed by atoms with Crippen LogP contribution in [0.15, 0.2) is 0 Å². The van der Waals surface area contributed by atoms with Gasteiger partial charge < -0.3 is 9.64 Å². The lowest BCUT2D eigenvalue weighted by Crippen LogP contribution is -2.34. The second-order valence-electron chi connectivity index (χ2n) is 4.59. The first kappa shape index (κ1) is 13.8. The number of carbonyl (C=O) groups is 1. The molecule has 0 aromatic carbocycles. The fraction of sp³-hybridized carbons (Fsp3) is 0.917. The summed E-state index contributed by atoms with van der Waals surface area (Å²) in [6, 6.07) is 0. The van der Waals surface area contributed by atoms with E-state index in [2.05, 4.69) is 0 Å². The van der Waals surface area contributed by atoms with E-state index in [4.69, 9.17) is 16.3 Å². The highest BCUT2D eigenvalue weighted by atomic mass is 35.5. The van der Waals surface area contributed by atoms with Gasteiger partial charge in [-0.2, -0.15) is 0 Å². The minimum Gasteiger partial charge on any atom is -0.378 e. The standard InChI is InChI=1S/C12H22ClNO2/c1-10-8-11(9-16-10)12(15)14(2)7-5-3-4-6-13/h10-11H,3-9H2,1-2H3. The van der Waals surface area contributed by atoms with Gasteiger partial charge in [0.15, 0.2) is 0 Å². The topological polar surface area (TPSA) is 29.5 Å². The average molecular weight is 248 g/mol. The van der Waals surface area contributed by atoms with Gasteiger partial charge in [0.25, 0.3) is 0 Å². The molecule has 1 aliphatic rings. The number of alkyl halides is 1. The molecule has 2 unspecified atom stereocenters. The van der Waals surface area contributed by atoms with E-state index in [1.165, 1.54) is 0 Å². The minimum absolute atomic E-state index is 0.0769. The van der Waals surface area contributed by atoms with Crippen LogP contribution in [0.1, 0.15) is 32.6 Å². The molecule has 0 aromatic heterocycles. The number of ether oxygens (including phenoxy) is 1. The van der Waals surface area contributed by atoms with Crippen LogP contribution in [0.4, 0.5) is 0 Å². The van der Waals surface area contributed by atoms with Gasteiger partial charge in [-0.25, -0.2) is 0 Å². The molecule has 2 atom stereocenters. The lowest BCUT2D eigenvalue weighted by molar-refractivity contribution is -0.134. The van der Waals surface area contributed by atoms with Gasteiger partial charge in [0, 0.05) is 19.5 Å². The van der Waals surface area contributed by atoms with E-state index in [0.717, 1.165) is 32.2 Å². The zero-order valence-corrected chi connectivity index (χ0v) is 11.0. The van der Waals surface area contributed by atoms with Gasteiger partial charge in [-0.1, -0.05) is 6.42 Å². The number of unbranched alkanes of at least 4 members (excludes halogenated alkanes) is 2. The first-order valence-electron chi connectivity index (χ1n) is 6.07. The Hall–Kier alpha value is -0.280. The minimum atomic E-state index is 0.0769. The molecule has 1 heterocycles. The van der Waals surface area contributed by atoms with Crippen LogP contribution in [-0.4, -0.2) is 43.0 Å². The van der Waals surface area contributed by atoms with Crippen molar-refractivity contribution in [3.63, 3.8) is 0 Å². The van der Waals surface area contributed by atoms with Crippen LogP contribution in [0.5, 0.6) is 0 Å². The van der Waals surface area contributed by atoms with E-state index in [-0.39, 0.29) is 17.9 Å². The monoisotopic (exact) mass is 247 g/mol. The van der Waals surface area contributed by atoms with Crippen LogP contribution in [0.2, 0.25) is 0 Å². The lowest BCUT2D eigenvalue weighted by atomic mass is 10.0. The van der Waals surface area contributed by atoms with Gasteiger partial charge in [-0.3, -0.25) is 4.79 Å². The zero-order chi connectivity index (χ0) is 12.0. The summed E-state index contributed by atoms with van der Waals surface area (Å²) in [6.07, 6.45) is 4.27. The van der Waals surface area contributed by atoms with E-state index >= 15 is 0 Å². The van der Waals surface area contributed by atoms with E-state index in [9.17, 15) is 4.79 Å². The number of hydrogen-bond acceptors (Lipinski definition) is 2. The maximum atomic E-state index is 12.0. The Morgan fingerprint density at radius 1 is 1.44 bits per heavy atom. The molecule has 0 aliphatic carbocycles. The summed E-state index contributed by atoms with van der Waals surface area (Å²) in [5, 5.41) is 0. The largest absolute Gasteiger partial charge is 0.378 e. The maximum absolute atomic E-state index is 12.0. The van der Waals surface area contributed by atoms with Crippen LogP contribution >= 0.6 is 11.6 Å². The highest BCUT2D eigenvalue weighted by molar-refractivity contribution is 6.17. The molecule has 1 saturated heterocycles. The number of halogens is 1. The summed E-state index contributed by atoms with van der Waals surface area (Å²) in [4.78, 5) is 13.8. The van der Waals surface area contributed by atoms with Crippen molar-refractivity contribution in [3.8, 4) is 0 Å². The summed E-state index contributed by atoms with van der Waals surface area (Å²) in [5.41, 5.74) is 0. The first-order valence-corrected chi connectivity index (χ1v) is 6.61. The molecule has 94 valence electrons. The lowest BCUT2D eigenvalue weighted by Gasteiger charge is -2.20. The third kappa shape index (κ3) is 4.30. The Morgan fingerprint density at radius 3 is 2.75 bits per heavy atom. The van der Waals surface area contributed by atoms with Crippen molar-refractivity contribution in [2.75, 3.05) is 26.1 Å². The summed E-state index contributed by atoms with van der Waals surface area (Å²) >= 11 is 5.60. The number of nitrogens with zero attached hydrogens (tertiary/aromatic N) is 1. The SMILES string of the molecule is CC1CC(C(=O)N(C)CCCCCCl)CO1. The third-order valence-corrected chi connectivity index (χ3v) is 3.32. The summed E-state index contributed by atoms with van der Waals surface area (Å²) in [5.74, 6) is 1.02. The number of amides is 1. The van der Waals surface area contributed by atoms with E-state index in [1.54, 1.807) is 0 Å². The van der Waals surface area contributed by atoms with Gasteiger partial charge in [-0.05, 0) is 26.2 Å². The molecule has 16 heavy (non-hydrogen) atoms. The van der Waals surface area contributed by atoms with Crippen LogP contribution < -0.4 is 0 Å². The highest BCUT2D eigenvalue weighted by Crippen LogP contribution is 2.20. The molecular formula is C12H22ClNO2. The Labute approximate surface area is 103 Å². The Kier molecular flexibility index (Phi) is 6.14. The second kappa shape index (κ2) is 7.13. The first-order chi connectivity index (χ1) is 7.65. The van der Waals surface area contributed by atoms with Crippen LogP contribution in [0, 0.1) is 5.92 Å². The van der Waals surface area contributed by atoms with Crippen LogP contribution in [0.25, 0.3) is 0 Å². The fourth-order valence-corrected chi connectivity index (χ4v) is 2.22. The zero-order valence-electron chi connectivity index (χ0n) is 10.2. The molecule has 0 radical (unpaired) electrons. The molecule has 1 rings (SSSR count). The molecule has 4 heteroatoms.